The number of esters is 1. The molecule has 3 aromatic rings. The van der Waals surface area contributed by atoms with E-state index in [-0.39, 0.29) is 17.7 Å². The van der Waals surface area contributed by atoms with Crippen LogP contribution in [0.4, 0.5) is 5.82 Å². The lowest BCUT2D eigenvalue weighted by atomic mass is 9.98. The second-order valence-corrected chi connectivity index (χ2v) is 12.3. The molecule has 234 valence electrons. The number of ether oxygens (including phenoxy) is 3. The molecule has 1 saturated heterocycles. The van der Waals surface area contributed by atoms with Crippen LogP contribution in [0.3, 0.4) is 0 Å². The molecule has 5 rings (SSSR count). The van der Waals surface area contributed by atoms with Gasteiger partial charge in [0, 0.05) is 0 Å². The average molecular weight is 621 g/mol. The van der Waals surface area contributed by atoms with Crippen LogP contribution in [0.1, 0.15) is 52.2 Å². The van der Waals surface area contributed by atoms with Crippen molar-refractivity contribution < 1.29 is 42.8 Å². The number of hydrogen-bond donors (Lipinski definition) is 4. The molecular formula is C27H37N6O9P. The van der Waals surface area contributed by atoms with Crippen LogP contribution in [0.15, 0.2) is 36.9 Å². The summed E-state index contributed by atoms with van der Waals surface area (Å²) in [6.45, 7) is 3.01. The van der Waals surface area contributed by atoms with Gasteiger partial charge in [0.2, 0.25) is 0 Å². The van der Waals surface area contributed by atoms with Gasteiger partial charge in [-0.1, -0.05) is 6.42 Å². The molecular weight excluding hydrogens is 583 g/mol. The molecule has 16 heteroatoms. The molecule has 5 N–H and O–H groups in total. The highest BCUT2D eigenvalue weighted by molar-refractivity contribution is 7.52. The maximum Gasteiger partial charge on any atom is 0.459 e. The minimum absolute atomic E-state index is 0.142. The molecule has 1 saturated carbocycles. The van der Waals surface area contributed by atoms with Crippen molar-refractivity contribution in [3.63, 3.8) is 0 Å². The summed E-state index contributed by atoms with van der Waals surface area (Å²) in [7, 11) is -2.82. The van der Waals surface area contributed by atoms with Crippen molar-refractivity contribution in [2.45, 2.75) is 88.7 Å². The molecule has 2 aliphatic rings. The molecule has 1 aliphatic heterocycles. The zero-order valence-corrected chi connectivity index (χ0v) is 25.0. The standard InChI is InChI=1S/C27H37N6O9P/c1-15(27(36)39-18-7-5-4-6-8-18)32-43(37,42-19-11-9-17(38-3)10-12-19)41-16(2)23-21(34)22(35)26(40-23)33-14-31-20-24(28)29-13-30-25(20)33/h9-16,18,21-23,26,34-35H,4-8H2,1-3H3,(H,32,37)(H2,28,29,30)/t15-,16-,21-,22+,23+,26+,43?/m0/s1. The number of aromatic nitrogens is 4. The van der Waals surface area contributed by atoms with Gasteiger partial charge in [-0.05, 0) is 63.8 Å². The van der Waals surface area contributed by atoms with Gasteiger partial charge in [-0.25, -0.2) is 19.5 Å². The summed E-state index contributed by atoms with van der Waals surface area (Å²) in [5.74, 6) is 0.270. The van der Waals surface area contributed by atoms with Gasteiger partial charge in [-0.15, -0.1) is 0 Å². The van der Waals surface area contributed by atoms with Crippen LogP contribution in [0.25, 0.3) is 11.2 Å². The number of nitrogens with zero attached hydrogens (tertiary/aromatic N) is 4. The Labute approximate surface area is 248 Å². The summed E-state index contributed by atoms with van der Waals surface area (Å²) in [4.78, 5) is 25.2. The van der Waals surface area contributed by atoms with Gasteiger partial charge in [-0.3, -0.25) is 13.9 Å². The molecule has 1 unspecified atom stereocenters. The van der Waals surface area contributed by atoms with Crippen LogP contribution < -0.4 is 20.1 Å². The SMILES string of the molecule is COc1ccc(OP(=O)(N[C@@H](C)C(=O)OC2CCCCC2)O[C@@H](C)[C@H]2O[C@@H](n3cnc4c(N)ncnc43)[C@H](O)[C@@H]2O)cc1. The normalized spacial score (nSPS) is 25.6. The Bertz CT molecular complexity index is 1450. The molecule has 2 aromatic heterocycles. The minimum Gasteiger partial charge on any atom is -0.497 e. The molecule has 43 heavy (non-hydrogen) atoms. The Morgan fingerprint density at radius 2 is 1.79 bits per heavy atom. The summed E-state index contributed by atoms with van der Waals surface area (Å²) >= 11 is 0. The van der Waals surface area contributed by atoms with E-state index in [1.54, 1.807) is 12.1 Å². The zero-order chi connectivity index (χ0) is 30.7. The second kappa shape index (κ2) is 13.1. The van der Waals surface area contributed by atoms with Gasteiger partial charge in [0.15, 0.2) is 17.7 Å². The number of nitrogens with one attached hydrogen (secondary N) is 1. The van der Waals surface area contributed by atoms with E-state index in [0.717, 1.165) is 32.1 Å². The van der Waals surface area contributed by atoms with Gasteiger partial charge < -0.3 is 34.7 Å². The number of fused-ring (bicyclic) bond motifs is 1. The van der Waals surface area contributed by atoms with Crippen molar-refractivity contribution in [3.8, 4) is 11.5 Å². The highest BCUT2D eigenvalue weighted by Gasteiger charge is 2.49. The van der Waals surface area contributed by atoms with Gasteiger partial charge in [0.05, 0.1) is 19.5 Å². The fourth-order valence-corrected chi connectivity index (χ4v) is 6.92. The molecule has 1 aliphatic carbocycles. The number of methoxy groups -OCH3 is 1. The molecule has 1 aromatic carbocycles. The number of carbonyl (C=O) groups excluding carboxylic acids is 1. The summed E-state index contributed by atoms with van der Waals surface area (Å²) in [5, 5.41) is 24.5. The van der Waals surface area contributed by atoms with E-state index >= 15 is 0 Å². The van der Waals surface area contributed by atoms with E-state index < -0.39 is 50.4 Å². The fourth-order valence-electron chi connectivity index (χ4n) is 5.23. The van der Waals surface area contributed by atoms with E-state index in [9.17, 15) is 19.6 Å². The topological polar surface area (TPSA) is 202 Å². The number of benzene rings is 1. The van der Waals surface area contributed by atoms with Crippen LogP contribution in [-0.2, 0) is 23.4 Å². The minimum atomic E-state index is -4.33. The van der Waals surface area contributed by atoms with Crippen LogP contribution in [0, 0.1) is 0 Å². The summed E-state index contributed by atoms with van der Waals surface area (Å²) in [6, 6.07) is 5.23. The lowest BCUT2D eigenvalue weighted by molar-refractivity contribution is -0.152. The summed E-state index contributed by atoms with van der Waals surface area (Å²) < 4.78 is 44.1. The molecule has 0 bridgehead atoms. The van der Waals surface area contributed by atoms with Crippen molar-refractivity contribution in [3.05, 3.63) is 36.9 Å². The first-order valence-corrected chi connectivity index (χ1v) is 15.7. The first-order valence-electron chi connectivity index (χ1n) is 14.1. The molecule has 15 nitrogen and oxygen atoms in total. The summed E-state index contributed by atoms with van der Waals surface area (Å²) in [6.07, 6.45) is 0.727. The Kier molecular flexibility index (Phi) is 9.49. The number of hydrogen-bond acceptors (Lipinski definition) is 13. The van der Waals surface area contributed by atoms with Crippen LogP contribution in [0.2, 0.25) is 0 Å². The van der Waals surface area contributed by atoms with Crippen molar-refractivity contribution in [1.29, 1.82) is 0 Å². The largest absolute Gasteiger partial charge is 0.497 e. The highest BCUT2D eigenvalue weighted by Crippen LogP contribution is 2.48. The lowest BCUT2D eigenvalue weighted by Crippen LogP contribution is -2.41. The average Bonchev–Trinajstić information content (AvgIpc) is 3.55. The monoisotopic (exact) mass is 620 g/mol. The van der Waals surface area contributed by atoms with E-state index in [4.69, 9.17) is 29.0 Å². The van der Waals surface area contributed by atoms with E-state index in [1.807, 2.05) is 0 Å². The zero-order valence-electron chi connectivity index (χ0n) is 24.1. The third-order valence-electron chi connectivity index (χ3n) is 7.53. The van der Waals surface area contributed by atoms with Gasteiger partial charge in [0.25, 0.3) is 0 Å². The predicted octanol–water partition coefficient (Wildman–Crippen LogP) is 2.48. The smallest absolute Gasteiger partial charge is 0.459 e. The number of aliphatic hydroxyl groups is 2. The first kappa shape index (κ1) is 31.1. The van der Waals surface area contributed by atoms with Gasteiger partial charge in [-0.2, -0.15) is 5.09 Å². The highest BCUT2D eigenvalue weighted by atomic mass is 31.2. The van der Waals surface area contributed by atoms with Gasteiger partial charge in [0.1, 0.15) is 53.8 Å². The van der Waals surface area contributed by atoms with Gasteiger partial charge >= 0.3 is 13.7 Å². The maximum absolute atomic E-state index is 14.2. The lowest BCUT2D eigenvalue weighted by Gasteiger charge is -2.29. The Balaban J connectivity index is 1.33. The number of anilines is 1. The Hall–Kier alpha value is -3.33. The summed E-state index contributed by atoms with van der Waals surface area (Å²) in [5.41, 5.74) is 6.47. The van der Waals surface area contributed by atoms with E-state index in [2.05, 4.69) is 20.0 Å². The quantitative estimate of drug-likeness (QED) is 0.180. The van der Waals surface area contributed by atoms with E-state index in [1.165, 1.54) is 50.3 Å². The Morgan fingerprint density at radius 1 is 1.09 bits per heavy atom. The maximum atomic E-state index is 14.2. The molecule has 3 heterocycles. The molecule has 0 amide bonds. The fraction of sp³-hybridized carbons (Fsp3) is 0.556. The number of nitrogens with two attached hydrogens (primary N) is 1. The molecule has 7 atom stereocenters. The molecule has 0 radical (unpaired) electrons. The predicted molar refractivity (Wildman–Crippen MR) is 153 cm³/mol. The van der Waals surface area contributed by atoms with Crippen LogP contribution in [-0.4, -0.2) is 79.4 Å². The van der Waals surface area contributed by atoms with Crippen molar-refractivity contribution in [2.75, 3.05) is 12.8 Å². The van der Waals surface area contributed by atoms with E-state index in [0.29, 0.717) is 16.9 Å². The van der Waals surface area contributed by atoms with Crippen LogP contribution >= 0.6 is 7.75 Å². The first-order chi connectivity index (χ1) is 20.6. The van der Waals surface area contributed by atoms with Crippen LogP contribution in [0.5, 0.6) is 11.5 Å². The Morgan fingerprint density at radius 3 is 2.49 bits per heavy atom. The number of carbonyl (C=O) groups is 1. The number of aliphatic hydroxyl groups excluding tert-OH is 2. The number of nitrogen functional groups attached to an aromatic ring is 1. The van der Waals surface area contributed by atoms with Crippen molar-refractivity contribution in [2.24, 2.45) is 0 Å². The molecule has 2 fully saturated rings. The number of imidazole rings is 1. The van der Waals surface area contributed by atoms with Crippen molar-refractivity contribution >= 4 is 30.7 Å². The second-order valence-electron chi connectivity index (χ2n) is 10.7. The third kappa shape index (κ3) is 6.92. The third-order valence-corrected chi connectivity index (χ3v) is 9.29. The van der Waals surface area contributed by atoms with Crippen molar-refractivity contribution in [1.82, 2.24) is 24.6 Å². The molecule has 0 spiro atoms. The number of rotatable bonds is 11.